The summed E-state index contributed by atoms with van der Waals surface area (Å²) in [6.45, 7) is 3.29. The van der Waals surface area contributed by atoms with Crippen molar-refractivity contribution in [3.63, 3.8) is 0 Å². The lowest BCUT2D eigenvalue weighted by Gasteiger charge is -2.45. The molecule has 1 saturated carbocycles. The van der Waals surface area contributed by atoms with Gasteiger partial charge in [0.1, 0.15) is 0 Å². The van der Waals surface area contributed by atoms with Gasteiger partial charge in [-0.1, -0.05) is 0 Å². The van der Waals surface area contributed by atoms with Crippen molar-refractivity contribution < 1.29 is 34.8 Å². The number of rotatable bonds is 7. The van der Waals surface area contributed by atoms with Gasteiger partial charge in [-0.2, -0.15) is 0 Å². The lowest BCUT2D eigenvalue weighted by molar-refractivity contribution is -0.189. The minimum atomic E-state index is -2.87. The van der Waals surface area contributed by atoms with E-state index in [0.29, 0.717) is 36.3 Å². The zero-order valence-electron chi connectivity index (χ0n) is 16.1. The average molecular weight is 486 g/mol. The molecule has 0 radical (unpaired) electrons. The van der Waals surface area contributed by atoms with Gasteiger partial charge in [-0.25, -0.2) is 9.59 Å². The third-order valence-electron chi connectivity index (χ3n) is 6.58. The summed E-state index contributed by atoms with van der Waals surface area (Å²) in [5.41, 5.74) is -3.73. The predicted molar refractivity (Wildman–Crippen MR) is 107 cm³/mol. The zero-order chi connectivity index (χ0) is 21.7. The van der Waals surface area contributed by atoms with Crippen LogP contribution in [0.3, 0.4) is 0 Å². The highest BCUT2D eigenvalue weighted by atomic mass is 79.9. The number of carboxylic acid groups (broad SMARTS) is 2. The Hall–Kier alpha value is -1.79. The second kappa shape index (κ2) is 7.72. The molecule has 30 heavy (non-hydrogen) atoms. The summed E-state index contributed by atoms with van der Waals surface area (Å²) in [4.78, 5) is 31.9. The summed E-state index contributed by atoms with van der Waals surface area (Å²) < 4.78 is 6.07. The van der Waals surface area contributed by atoms with Gasteiger partial charge in [0.15, 0.2) is 6.10 Å². The van der Waals surface area contributed by atoms with E-state index in [2.05, 4.69) is 25.8 Å². The molecule has 1 aliphatic carbocycles. The summed E-state index contributed by atoms with van der Waals surface area (Å²) in [5.74, 6) is -3.79. The molecule has 5 unspecified atom stereocenters. The Balaban J connectivity index is 1.76. The molecule has 5 atom stereocenters. The number of anilines is 1. The highest BCUT2D eigenvalue weighted by molar-refractivity contribution is 9.10. The van der Waals surface area contributed by atoms with Gasteiger partial charge in [0, 0.05) is 36.3 Å². The van der Waals surface area contributed by atoms with Crippen LogP contribution in [0.15, 0.2) is 22.9 Å². The number of ether oxygens (including phenoxy) is 1. The van der Waals surface area contributed by atoms with E-state index in [9.17, 15) is 30.0 Å². The van der Waals surface area contributed by atoms with Crippen molar-refractivity contribution in [1.82, 2.24) is 9.88 Å². The highest BCUT2D eigenvalue weighted by Gasteiger charge is 2.80. The predicted octanol–water partition coefficient (Wildman–Crippen LogP) is -0.225. The number of carboxylic acids is 2. The van der Waals surface area contributed by atoms with E-state index >= 15 is 0 Å². The van der Waals surface area contributed by atoms with Crippen molar-refractivity contribution in [2.45, 2.75) is 36.1 Å². The standard InChI is InChI=1S/C19H24BrN3O7/c20-12-6-13(9-21-8-12)23-14(10-22-1-3-30-4-2-22)5-11-7-18(11,23)19(29,17(27)28)15(24)16(25)26/h6,8-9,11,14-15,24,29H,1-5,7,10H2,(H,25,26)(H,27,28). The molecule has 164 valence electrons. The van der Waals surface area contributed by atoms with Gasteiger partial charge in [0.2, 0.25) is 5.60 Å². The molecule has 10 nitrogen and oxygen atoms in total. The molecule has 11 heteroatoms. The van der Waals surface area contributed by atoms with Crippen LogP contribution < -0.4 is 4.90 Å². The fourth-order valence-corrected chi connectivity index (χ4v) is 5.58. The minimum absolute atomic E-state index is 0.176. The summed E-state index contributed by atoms with van der Waals surface area (Å²) in [6.07, 6.45) is 1.53. The van der Waals surface area contributed by atoms with Gasteiger partial charge in [0.05, 0.1) is 30.6 Å². The van der Waals surface area contributed by atoms with Gasteiger partial charge in [-0.15, -0.1) is 0 Å². The van der Waals surface area contributed by atoms with Crippen LogP contribution >= 0.6 is 15.9 Å². The number of aliphatic carboxylic acids is 2. The van der Waals surface area contributed by atoms with Gasteiger partial charge in [-0.05, 0) is 40.8 Å². The van der Waals surface area contributed by atoms with Crippen molar-refractivity contribution in [1.29, 1.82) is 0 Å². The second-order valence-electron chi connectivity index (χ2n) is 8.17. The number of morpholine rings is 1. The molecular formula is C19H24BrN3O7. The molecule has 4 rings (SSSR count). The van der Waals surface area contributed by atoms with E-state index in [1.54, 1.807) is 23.4 Å². The van der Waals surface area contributed by atoms with E-state index in [1.165, 1.54) is 0 Å². The molecule has 2 aliphatic heterocycles. The molecule has 0 amide bonds. The molecule has 3 aliphatic rings. The Morgan fingerprint density at radius 3 is 2.63 bits per heavy atom. The first-order valence-corrected chi connectivity index (χ1v) is 10.6. The van der Waals surface area contributed by atoms with E-state index in [1.807, 2.05) is 0 Å². The Bertz CT molecular complexity index is 851. The van der Waals surface area contributed by atoms with Crippen LogP contribution in [0.1, 0.15) is 12.8 Å². The number of hydrogen-bond acceptors (Lipinski definition) is 8. The topological polar surface area (TPSA) is 144 Å². The van der Waals surface area contributed by atoms with Crippen LogP contribution in [0.2, 0.25) is 0 Å². The number of aliphatic hydroxyl groups is 2. The van der Waals surface area contributed by atoms with Crippen molar-refractivity contribution in [3.8, 4) is 0 Å². The first-order chi connectivity index (χ1) is 14.2. The van der Waals surface area contributed by atoms with Crippen LogP contribution in [0.5, 0.6) is 0 Å². The van der Waals surface area contributed by atoms with Gasteiger partial charge in [-0.3, -0.25) is 9.88 Å². The molecule has 3 heterocycles. The number of aliphatic hydroxyl groups excluding tert-OH is 1. The number of carbonyl (C=O) groups is 2. The first-order valence-electron chi connectivity index (χ1n) is 9.78. The third-order valence-corrected chi connectivity index (χ3v) is 7.02. The Morgan fingerprint density at radius 2 is 2.03 bits per heavy atom. The van der Waals surface area contributed by atoms with Gasteiger partial charge in [0.25, 0.3) is 0 Å². The largest absolute Gasteiger partial charge is 0.479 e. The fourth-order valence-electron chi connectivity index (χ4n) is 5.23. The van der Waals surface area contributed by atoms with E-state index < -0.39 is 29.2 Å². The van der Waals surface area contributed by atoms with E-state index in [4.69, 9.17) is 4.74 Å². The first kappa shape index (κ1) is 21.4. The summed E-state index contributed by atoms with van der Waals surface area (Å²) >= 11 is 3.37. The summed E-state index contributed by atoms with van der Waals surface area (Å²) in [5, 5.41) is 40.7. The Labute approximate surface area is 181 Å². The second-order valence-corrected chi connectivity index (χ2v) is 9.09. The molecule has 4 N–H and O–H groups in total. The monoisotopic (exact) mass is 485 g/mol. The Morgan fingerprint density at radius 1 is 1.33 bits per heavy atom. The molecule has 0 spiro atoms. The van der Waals surface area contributed by atoms with Crippen LogP contribution in [-0.2, 0) is 14.3 Å². The lowest BCUT2D eigenvalue weighted by atomic mass is 9.83. The highest BCUT2D eigenvalue weighted by Crippen LogP contribution is 2.65. The van der Waals surface area contributed by atoms with Crippen molar-refractivity contribution in [3.05, 3.63) is 22.9 Å². The van der Waals surface area contributed by atoms with Crippen molar-refractivity contribution >= 4 is 33.6 Å². The van der Waals surface area contributed by atoms with E-state index in [-0.39, 0.29) is 18.4 Å². The number of halogens is 1. The molecule has 0 bridgehead atoms. The molecule has 1 aromatic rings. The van der Waals surface area contributed by atoms with Gasteiger partial charge >= 0.3 is 11.9 Å². The number of hydrogen-bond donors (Lipinski definition) is 4. The van der Waals surface area contributed by atoms with Crippen LogP contribution in [0.4, 0.5) is 5.69 Å². The number of pyridine rings is 1. The van der Waals surface area contributed by atoms with E-state index in [0.717, 1.165) is 13.1 Å². The number of nitrogens with zero attached hydrogens (tertiary/aromatic N) is 3. The zero-order valence-corrected chi connectivity index (χ0v) is 17.7. The van der Waals surface area contributed by atoms with Crippen LogP contribution in [0, 0.1) is 5.92 Å². The van der Waals surface area contributed by atoms with Gasteiger partial charge < -0.3 is 30.1 Å². The fraction of sp³-hybridized carbons (Fsp3) is 0.632. The SMILES string of the molecule is O=C(O)C(O)C(O)(C(=O)O)C12CC1CC(CN1CCOCC1)N2c1cncc(Br)c1. The van der Waals surface area contributed by atoms with Crippen molar-refractivity contribution in [2.24, 2.45) is 5.92 Å². The molecule has 1 aromatic heterocycles. The summed E-state index contributed by atoms with van der Waals surface area (Å²) in [6, 6.07) is 1.59. The quantitative estimate of drug-likeness (QED) is 0.408. The summed E-state index contributed by atoms with van der Waals surface area (Å²) in [7, 11) is 0. The number of fused-ring (bicyclic) bond motifs is 1. The normalized spacial score (nSPS) is 31.6. The van der Waals surface area contributed by atoms with Crippen LogP contribution in [-0.4, -0.2) is 98.4 Å². The Kier molecular flexibility index (Phi) is 5.52. The van der Waals surface area contributed by atoms with Crippen LogP contribution in [0.25, 0.3) is 0 Å². The maximum absolute atomic E-state index is 12.2. The lowest BCUT2D eigenvalue weighted by Crippen LogP contribution is -2.68. The molecule has 0 aromatic carbocycles. The smallest absolute Gasteiger partial charge is 0.341 e. The molecule has 3 fully saturated rings. The maximum Gasteiger partial charge on any atom is 0.341 e. The minimum Gasteiger partial charge on any atom is -0.479 e. The average Bonchev–Trinajstić information content (AvgIpc) is 3.33. The number of aromatic nitrogens is 1. The number of piperidine rings is 1. The maximum atomic E-state index is 12.2. The molecular weight excluding hydrogens is 462 g/mol. The molecule has 2 saturated heterocycles. The third kappa shape index (κ3) is 3.19. The van der Waals surface area contributed by atoms with Crippen molar-refractivity contribution in [2.75, 3.05) is 37.7 Å².